The average Bonchev–Trinajstić information content (AvgIpc) is 3.23. The third kappa shape index (κ3) is 7.26. The Morgan fingerprint density at radius 1 is 0.750 bits per heavy atom. The van der Waals surface area contributed by atoms with Crippen molar-refractivity contribution in [2.75, 3.05) is 12.4 Å². The molecule has 2 heterocycles. The summed E-state index contributed by atoms with van der Waals surface area (Å²) >= 11 is 0. The van der Waals surface area contributed by atoms with Crippen molar-refractivity contribution < 1.29 is 18.8 Å². The summed E-state index contributed by atoms with van der Waals surface area (Å²) in [5.74, 6) is 1.02. The lowest BCUT2D eigenvalue weighted by Crippen LogP contribution is -2.41. The van der Waals surface area contributed by atoms with Crippen molar-refractivity contribution in [3.63, 3.8) is 0 Å². The molecule has 1 aromatic heterocycles. The van der Waals surface area contributed by atoms with Crippen molar-refractivity contribution in [2.45, 2.75) is 78.0 Å². The van der Waals surface area contributed by atoms with Crippen LogP contribution in [0.25, 0.3) is 0 Å². The molecule has 44 heavy (non-hydrogen) atoms. The van der Waals surface area contributed by atoms with Gasteiger partial charge in [0.2, 0.25) is 11.8 Å². The first-order chi connectivity index (χ1) is 21.1. The van der Waals surface area contributed by atoms with E-state index in [0.29, 0.717) is 25.0 Å². The molecule has 0 amide bonds. The van der Waals surface area contributed by atoms with Gasteiger partial charge in [-0.05, 0) is 82.9 Å². The fourth-order valence-corrected chi connectivity index (χ4v) is 5.17. The smallest absolute Gasteiger partial charge is 0.473 e. The second kappa shape index (κ2) is 13.4. The lowest BCUT2D eigenvalue weighted by Gasteiger charge is -2.32. The number of hydrogen-bond donors (Lipinski definition) is 2. The summed E-state index contributed by atoms with van der Waals surface area (Å²) in [7, 11) is 1.49. The quantitative estimate of drug-likeness (QED) is 0.178. The molecule has 8 heteroatoms. The molecule has 5 rings (SSSR count). The highest BCUT2D eigenvalue weighted by atomic mass is 16.7. The molecule has 1 aliphatic rings. The molecular formula is C36H44BN3O4. The van der Waals surface area contributed by atoms with Gasteiger partial charge < -0.3 is 29.4 Å². The molecule has 1 saturated heterocycles. The Labute approximate surface area is 262 Å². The number of hydrogen-bond acceptors (Lipinski definition) is 7. The van der Waals surface area contributed by atoms with Crippen molar-refractivity contribution >= 4 is 18.3 Å². The summed E-state index contributed by atoms with van der Waals surface area (Å²) in [5, 5.41) is 7.17. The largest absolute Gasteiger partial charge is 0.494 e. The Morgan fingerprint density at radius 2 is 1.32 bits per heavy atom. The minimum absolute atomic E-state index is 0.209. The SMILES string of the molecule is CNC(c1ccc(B2OC(C)(C)C(C)(C)O2)cc1NC(C)C)c1ccc(OCc2ccccc2)nc1OCc1ccccc1. The van der Waals surface area contributed by atoms with E-state index in [-0.39, 0.29) is 12.1 Å². The zero-order chi connectivity index (χ0) is 31.3. The topological polar surface area (TPSA) is 73.9 Å². The van der Waals surface area contributed by atoms with E-state index in [1.54, 1.807) is 0 Å². The summed E-state index contributed by atoms with van der Waals surface area (Å²) < 4.78 is 25.2. The van der Waals surface area contributed by atoms with Gasteiger partial charge in [-0.2, -0.15) is 4.98 Å². The van der Waals surface area contributed by atoms with Gasteiger partial charge in [-0.15, -0.1) is 0 Å². The highest BCUT2D eigenvalue weighted by molar-refractivity contribution is 6.62. The zero-order valence-corrected chi connectivity index (χ0v) is 26.9. The van der Waals surface area contributed by atoms with E-state index in [1.165, 1.54) is 0 Å². The molecule has 2 N–H and O–H groups in total. The van der Waals surface area contributed by atoms with E-state index in [9.17, 15) is 0 Å². The molecule has 7 nitrogen and oxygen atoms in total. The summed E-state index contributed by atoms with van der Waals surface area (Å²) in [5.41, 5.74) is 5.22. The first-order valence-corrected chi connectivity index (χ1v) is 15.3. The van der Waals surface area contributed by atoms with E-state index < -0.39 is 18.3 Å². The van der Waals surface area contributed by atoms with Crippen molar-refractivity contribution in [2.24, 2.45) is 0 Å². The van der Waals surface area contributed by atoms with Gasteiger partial charge in [0.15, 0.2) is 0 Å². The minimum atomic E-state index is -0.456. The molecular weight excluding hydrogens is 549 g/mol. The number of nitrogens with zero attached hydrogens (tertiary/aromatic N) is 1. The van der Waals surface area contributed by atoms with Gasteiger partial charge in [0.1, 0.15) is 13.2 Å². The van der Waals surface area contributed by atoms with Gasteiger partial charge in [-0.1, -0.05) is 72.8 Å². The lowest BCUT2D eigenvalue weighted by molar-refractivity contribution is 0.00578. The Morgan fingerprint density at radius 3 is 1.89 bits per heavy atom. The number of benzene rings is 3. The number of ether oxygens (including phenoxy) is 2. The predicted octanol–water partition coefficient (Wildman–Crippen LogP) is 6.67. The molecule has 0 aliphatic carbocycles. The summed E-state index contributed by atoms with van der Waals surface area (Å²) in [6.07, 6.45) is 0. The van der Waals surface area contributed by atoms with Gasteiger partial charge in [0.25, 0.3) is 0 Å². The highest BCUT2D eigenvalue weighted by Gasteiger charge is 2.51. The van der Waals surface area contributed by atoms with Crippen molar-refractivity contribution in [1.82, 2.24) is 10.3 Å². The van der Waals surface area contributed by atoms with E-state index in [1.807, 2.05) is 79.8 Å². The predicted molar refractivity (Wildman–Crippen MR) is 178 cm³/mol. The second-order valence-electron chi connectivity index (χ2n) is 12.5. The maximum absolute atomic E-state index is 6.40. The van der Waals surface area contributed by atoms with Crippen LogP contribution in [0.3, 0.4) is 0 Å². The maximum Gasteiger partial charge on any atom is 0.494 e. The third-order valence-electron chi connectivity index (χ3n) is 8.27. The Kier molecular flexibility index (Phi) is 9.64. The van der Waals surface area contributed by atoms with Crippen LogP contribution in [0, 0.1) is 0 Å². The van der Waals surface area contributed by atoms with Crippen LogP contribution in [0.2, 0.25) is 0 Å². The van der Waals surface area contributed by atoms with Crippen LogP contribution in [-0.2, 0) is 22.5 Å². The molecule has 4 aromatic rings. The number of aromatic nitrogens is 1. The number of pyridine rings is 1. The molecule has 1 fully saturated rings. The monoisotopic (exact) mass is 593 g/mol. The third-order valence-corrected chi connectivity index (χ3v) is 8.27. The van der Waals surface area contributed by atoms with Gasteiger partial charge >= 0.3 is 7.12 Å². The summed E-state index contributed by atoms with van der Waals surface area (Å²) in [6.45, 7) is 13.4. The fourth-order valence-electron chi connectivity index (χ4n) is 5.17. The van der Waals surface area contributed by atoms with Crippen molar-refractivity contribution in [1.29, 1.82) is 0 Å². The number of rotatable bonds is 12. The summed E-state index contributed by atoms with van der Waals surface area (Å²) in [4.78, 5) is 4.86. The van der Waals surface area contributed by atoms with Crippen molar-refractivity contribution in [3.05, 3.63) is 113 Å². The van der Waals surface area contributed by atoms with Crippen LogP contribution in [-0.4, -0.2) is 36.4 Å². The molecule has 3 aromatic carbocycles. The van der Waals surface area contributed by atoms with Crippen LogP contribution in [0.5, 0.6) is 11.8 Å². The first kappa shape index (κ1) is 31.6. The van der Waals surface area contributed by atoms with Crippen LogP contribution in [0.1, 0.15) is 69.8 Å². The van der Waals surface area contributed by atoms with E-state index in [2.05, 4.69) is 70.4 Å². The normalized spacial score (nSPS) is 16.1. The van der Waals surface area contributed by atoms with Gasteiger partial charge in [0, 0.05) is 23.4 Å². The standard InChI is InChI=1S/C36H44BN3O4/c1-25(2)39-31-22-28(37-43-35(3,4)36(5,6)44-37)18-19-29(31)33(38-7)30-20-21-32(41-23-26-14-10-8-11-15-26)40-34(30)42-24-27-16-12-9-13-17-27/h8-22,25,33,38-39H,23-24H2,1-7H3. The molecule has 0 saturated carbocycles. The van der Waals surface area contributed by atoms with Crippen LogP contribution < -0.4 is 25.6 Å². The summed E-state index contributed by atoms with van der Waals surface area (Å²) in [6, 6.07) is 30.5. The average molecular weight is 594 g/mol. The lowest BCUT2D eigenvalue weighted by atomic mass is 9.77. The molecule has 1 aliphatic heterocycles. The molecule has 1 atom stereocenters. The first-order valence-electron chi connectivity index (χ1n) is 15.3. The van der Waals surface area contributed by atoms with Crippen LogP contribution >= 0.6 is 0 Å². The fraction of sp³-hybridized carbons (Fsp3) is 0.361. The van der Waals surface area contributed by atoms with Gasteiger partial charge in [0.05, 0.1) is 17.2 Å². The van der Waals surface area contributed by atoms with Crippen molar-refractivity contribution in [3.8, 4) is 11.8 Å². The number of anilines is 1. The van der Waals surface area contributed by atoms with E-state index in [4.69, 9.17) is 23.8 Å². The molecule has 0 spiro atoms. The molecule has 1 unspecified atom stereocenters. The van der Waals surface area contributed by atoms with Crippen LogP contribution in [0.15, 0.2) is 91.0 Å². The van der Waals surface area contributed by atoms with Gasteiger partial charge in [-0.25, -0.2) is 0 Å². The molecule has 0 bridgehead atoms. The minimum Gasteiger partial charge on any atom is -0.473 e. The number of nitrogens with one attached hydrogen (secondary N) is 2. The molecule has 230 valence electrons. The van der Waals surface area contributed by atoms with E-state index >= 15 is 0 Å². The van der Waals surface area contributed by atoms with E-state index in [0.717, 1.165) is 33.4 Å². The highest BCUT2D eigenvalue weighted by Crippen LogP contribution is 2.38. The second-order valence-corrected chi connectivity index (χ2v) is 12.5. The van der Waals surface area contributed by atoms with Gasteiger partial charge in [-0.3, -0.25) is 0 Å². The van der Waals surface area contributed by atoms with Crippen LogP contribution in [0.4, 0.5) is 5.69 Å². The Balaban J connectivity index is 1.49. The zero-order valence-electron chi connectivity index (χ0n) is 26.9. The Bertz CT molecular complexity index is 1510. The molecule has 0 radical (unpaired) electrons. The Hall–Kier alpha value is -3.85. The maximum atomic E-state index is 6.40.